The number of carbonyl (C=O) groups excluding carboxylic acids is 1. The standard InChI is InChI=1S/C13H22N2O3/c1-9-4-2-6-13(8-9,12(17)18)15-11(16)10-5-3-7-14-10/h9-10,14H,2-8H2,1H3,(H,15,16)(H,17,18). The molecule has 2 rings (SSSR count). The molecule has 2 fully saturated rings. The van der Waals surface area contributed by atoms with E-state index >= 15 is 0 Å². The van der Waals surface area contributed by atoms with E-state index in [9.17, 15) is 14.7 Å². The Bertz CT molecular complexity index is 339. The van der Waals surface area contributed by atoms with E-state index in [4.69, 9.17) is 0 Å². The lowest BCUT2D eigenvalue weighted by atomic mass is 9.76. The average molecular weight is 254 g/mol. The van der Waals surface area contributed by atoms with Gasteiger partial charge in [-0.05, 0) is 38.1 Å². The molecule has 1 saturated carbocycles. The van der Waals surface area contributed by atoms with E-state index in [2.05, 4.69) is 17.6 Å². The highest BCUT2D eigenvalue weighted by Gasteiger charge is 2.44. The highest BCUT2D eigenvalue weighted by Crippen LogP contribution is 2.32. The van der Waals surface area contributed by atoms with Crippen molar-refractivity contribution in [3.63, 3.8) is 0 Å². The van der Waals surface area contributed by atoms with E-state index in [0.717, 1.165) is 32.2 Å². The summed E-state index contributed by atoms with van der Waals surface area (Å²) in [6.07, 6.45) is 4.79. The number of hydrogen-bond acceptors (Lipinski definition) is 3. The van der Waals surface area contributed by atoms with Crippen LogP contribution in [0.1, 0.15) is 45.4 Å². The van der Waals surface area contributed by atoms with Crippen LogP contribution in [0.25, 0.3) is 0 Å². The van der Waals surface area contributed by atoms with Crippen LogP contribution in [0, 0.1) is 5.92 Å². The number of amides is 1. The first-order chi connectivity index (χ1) is 8.53. The number of nitrogens with one attached hydrogen (secondary N) is 2. The molecule has 3 unspecified atom stereocenters. The predicted molar refractivity (Wildman–Crippen MR) is 67.2 cm³/mol. The minimum Gasteiger partial charge on any atom is -0.480 e. The lowest BCUT2D eigenvalue weighted by molar-refractivity contribution is -0.150. The summed E-state index contributed by atoms with van der Waals surface area (Å²) in [5.74, 6) is -0.684. The van der Waals surface area contributed by atoms with Crippen LogP contribution in [0.15, 0.2) is 0 Å². The summed E-state index contributed by atoms with van der Waals surface area (Å²) >= 11 is 0. The van der Waals surface area contributed by atoms with Crippen LogP contribution in [0.4, 0.5) is 0 Å². The molecule has 0 spiro atoms. The molecular weight excluding hydrogens is 232 g/mol. The molecule has 1 saturated heterocycles. The van der Waals surface area contributed by atoms with Crippen molar-refractivity contribution in [1.29, 1.82) is 0 Å². The second-order valence-corrected chi connectivity index (χ2v) is 5.73. The number of carboxylic acids is 1. The number of carbonyl (C=O) groups is 2. The molecule has 3 atom stereocenters. The van der Waals surface area contributed by atoms with Crippen LogP contribution < -0.4 is 10.6 Å². The molecule has 102 valence electrons. The fraction of sp³-hybridized carbons (Fsp3) is 0.846. The van der Waals surface area contributed by atoms with Crippen molar-refractivity contribution >= 4 is 11.9 Å². The highest BCUT2D eigenvalue weighted by atomic mass is 16.4. The largest absolute Gasteiger partial charge is 0.480 e. The minimum atomic E-state index is -1.04. The van der Waals surface area contributed by atoms with Crippen LogP contribution >= 0.6 is 0 Å². The number of aliphatic carboxylic acids is 1. The van der Waals surface area contributed by atoms with E-state index < -0.39 is 11.5 Å². The van der Waals surface area contributed by atoms with Gasteiger partial charge in [-0.15, -0.1) is 0 Å². The minimum absolute atomic E-state index is 0.149. The summed E-state index contributed by atoms with van der Waals surface area (Å²) in [6, 6.07) is -0.210. The van der Waals surface area contributed by atoms with Crippen molar-refractivity contribution in [3.8, 4) is 0 Å². The zero-order chi connectivity index (χ0) is 13.2. The molecule has 2 aliphatic rings. The maximum atomic E-state index is 12.1. The van der Waals surface area contributed by atoms with Gasteiger partial charge in [-0.1, -0.05) is 19.8 Å². The molecule has 0 aromatic heterocycles. The lowest BCUT2D eigenvalue weighted by Gasteiger charge is -2.37. The third-order valence-corrected chi connectivity index (χ3v) is 4.15. The summed E-state index contributed by atoms with van der Waals surface area (Å²) < 4.78 is 0. The topological polar surface area (TPSA) is 78.4 Å². The molecule has 1 heterocycles. The van der Waals surface area contributed by atoms with Crippen LogP contribution in [-0.2, 0) is 9.59 Å². The average Bonchev–Trinajstić information content (AvgIpc) is 2.82. The molecule has 1 aliphatic carbocycles. The second-order valence-electron chi connectivity index (χ2n) is 5.73. The summed E-state index contributed by atoms with van der Waals surface area (Å²) in [5, 5.41) is 15.4. The van der Waals surface area contributed by atoms with Crippen molar-refractivity contribution in [3.05, 3.63) is 0 Å². The predicted octanol–water partition coefficient (Wildman–Crippen LogP) is 0.888. The van der Waals surface area contributed by atoms with Gasteiger partial charge in [0.05, 0.1) is 6.04 Å². The first kappa shape index (κ1) is 13.3. The van der Waals surface area contributed by atoms with Gasteiger partial charge in [0, 0.05) is 0 Å². The summed E-state index contributed by atoms with van der Waals surface area (Å²) in [7, 11) is 0. The summed E-state index contributed by atoms with van der Waals surface area (Å²) in [5.41, 5.74) is -1.04. The second kappa shape index (κ2) is 5.26. The Morgan fingerprint density at radius 2 is 2.11 bits per heavy atom. The molecule has 5 nitrogen and oxygen atoms in total. The quantitative estimate of drug-likeness (QED) is 0.699. The molecule has 3 N–H and O–H groups in total. The van der Waals surface area contributed by atoms with Gasteiger partial charge >= 0.3 is 5.97 Å². The Hall–Kier alpha value is -1.10. The van der Waals surface area contributed by atoms with Crippen molar-refractivity contribution in [2.24, 2.45) is 5.92 Å². The monoisotopic (exact) mass is 254 g/mol. The van der Waals surface area contributed by atoms with Crippen molar-refractivity contribution in [2.45, 2.75) is 57.0 Å². The molecule has 0 aromatic rings. The van der Waals surface area contributed by atoms with Gasteiger partial charge in [-0.3, -0.25) is 4.79 Å². The van der Waals surface area contributed by atoms with Gasteiger partial charge in [-0.2, -0.15) is 0 Å². The summed E-state index contributed by atoms with van der Waals surface area (Å²) in [4.78, 5) is 23.6. The lowest BCUT2D eigenvalue weighted by Crippen LogP contribution is -2.59. The molecule has 18 heavy (non-hydrogen) atoms. The molecule has 0 bridgehead atoms. The zero-order valence-electron chi connectivity index (χ0n) is 10.9. The molecule has 0 aromatic carbocycles. The first-order valence-electron chi connectivity index (χ1n) is 6.82. The van der Waals surface area contributed by atoms with Crippen molar-refractivity contribution in [2.75, 3.05) is 6.54 Å². The van der Waals surface area contributed by atoms with E-state index in [1.165, 1.54) is 0 Å². The third-order valence-electron chi connectivity index (χ3n) is 4.15. The van der Waals surface area contributed by atoms with Gasteiger partial charge in [0.15, 0.2) is 0 Å². The van der Waals surface area contributed by atoms with Crippen LogP contribution in [0.3, 0.4) is 0 Å². The van der Waals surface area contributed by atoms with E-state index in [0.29, 0.717) is 18.8 Å². The fourth-order valence-electron chi connectivity index (χ4n) is 3.14. The zero-order valence-corrected chi connectivity index (χ0v) is 10.9. The smallest absolute Gasteiger partial charge is 0.329 e. The van der Waals surface area contributed by atoms with E-state index in [1.807, 2.05) is 0 Å². The maximum Gasteiger partial charge on any atom is 0.329 e. The Kier molecular flexibility index (Phi) is 3.90. The third kappa shape index (κ3) is 2.66. The number of hydrogen-bond donors (Lipinski definition) is 3. The van der Waals surface area contributed by atoms with Gasteiger partial charge in [-0.25, -0.2) is 4.79 Å². The highest BCUT2D eigenvalue weighted by molar-refractivity contribution is 5.89. The molecule has 5 heteroatoms. The van der Waals surface area contributed by atoms with Crippen molar-refractivity contribution in [1.82, 2.24) is 10.6 Å². The van der Waals surface area contributed by atoms with E-state index in [-0.39, 0.29) is 11.9 Å². The van der Waals surface area contributed by atoms with Crippen LogP contribution in [0.5, 0.6) is 0 Å². The molecule has 0 radical (unpaired) electrons. The Labute approximate surface area is 107 Å². The van der Waals surface area contributed by atoms with Gasteiger partial charge in [0.1, 0.15) is 5.54 Å². The molecular formula is C13H22N2O3. The Morgan fingerprint density at radius 3 is 2.67 bits per heavy atom. The Balaban J connectivity index is 2.05. The van der Waals surface area contributed by atoms with Crippen molar-refractivity contribution < 1.29 is 14.7 Å². The Morgan fingerprint density at radius 1 is 1.33 bits per heavy atom. The normalized spacial score (nSPS) is 36.3. The van der Waals surface area contributed by atoms with Gasteiger partial charge < -0.3 is 15.7 Å². The van der Waals surface area contributed by atoms with Gasteiger partial charge in [0.25, 0.3) is 0 Å². The summed E-state index contributed by atoms with van der Waals surface area (Å²) in [6.45, 7) is 2.89. The van der Waals surface area contributed by atoms with Crippen LogP contribution in [0.2, 0.25) is 0 Å². The maximum absolute atomic E-state index is 12.1. The number of carboxylic acid groups (broad SMARTS) is 1. The number of rotatable bonds is 3. The van der Waals surface area contributed by atoms with Crippen LogP contribution in [-0.4, -0.2) is 35.1 Å². The van der Waals surface area contributed by atoms with E-state index in [1.54, 1.807) is 0 Å². The SMILES string of the molecule is CC1CCCC(NC(=O)C2CCCN2)(C(=O)O)C1. The van der Waals surface area contributed by atoms with Gasteiger partial charge in [0.2, 0.25) is 5.91 Å². The fourth-order valence-corrected chi connectivity index (χ4v) is 3.14. The first-order valence-corrected chi connectivity index (χ1v) is 6.82. The molecule has 1 amide bonds. The molecule has 1 aliphatic heterocycles.